The van der Waals surface area contributed by atoms with Crippen LogP contribution >= 0.6 is 0 Å². The molecule has 1 saturated carbocycles. The first-order valence-corrected chi connectivity index (χ1v) is 4.81. The number of hydrogen-bond acceptors (Lipinski definition) is 1. The Morgan fingerprint density at radius 2 is 1.93 bits per heavy atom. The van der Waals surface area contributed by atoms with Crippen molar-refractivity contribution in [3.63, 3.8) is 0 Å². The van der Waals surface area contributed by atoms with Crippen molar-refractivity contribution in [2.75, 3.05) is 0 Å². The van der Waals surface area contributed by atoms with Crippen LogP contribution in [0.1, 0.15) is 29.9 Å². The maximum absolute atomic E-state index is 13.5. The summed E-state index contributed by atoms with van der Waals surface area (Å²) in [4.78, 5) is 0. The molecule has 1 fully saturated rings. The number of halogens is 2. The summed E-state index contributed by atoms with van der Waals surface area (Å²) in [6, 6.07) is 3.25. The third kappa shape index (κ3) is 1.32. The molecule has 0 amide bonds. The van der Waals surface area contributed by atoms with E-state index in [1.807, 2.05) is 0 Å². The van der Waals surface area contributed by atoms with E-state index < -0.39 is 11.6 Å². The normalized spacial score (nSPS) is 26.0. The van der Waals surface area contributed by atoms with E-state index in [1.165, 1.54) is 0 Å². The molecule has 1 aliphatic rings. The fraction of sp³-hybridized carbons (Fsp3) is 0.455. The SMILES string of the molecule is Cc1ccc(C2CCC2N)c(F)c1F. The molecule has 0 bridgehead atoms. The Morgan fingerprint density at radius 3 is 2.43 bits per heavy atom. The molecular formula is C11H13F2N. The van der Waals surface area contributed by atoms with Crippen molar-refractivity contribution in [2.45, 2.75) is 31.7 Å². The number of rotatable bonds is 1. The summed E-state index contributed by atoms with van der Waals surface area (Å²) in [6.07, 6.45) is 1.76. The summed E-state index contributed by atoms with van der Waals surface area (Å²) < 4.78 is 26.7. The average Bonchev–Trinajstić information content (AvgIpc) is 2.16. The van der Waals surface area contributed by atoms with Gasteiger partial charge in [0.2, 0.25) is 0 Å². The van der Waals surface area contributed by atoms with Crippen LogP contribution in [0.2, 0.25) is 0 Å². The lowest BCUT2D eigenvalue weighted by atomic mass is 9.75. The first-order valence-electron chi connectivity index (χ1n) is 4.81. The zero-order valence-corrected chi connectivity index (χ0v) is 8.06. The van der Waals surface area contributed by atoms with Crippen LogP contribution in [0.25, 0.3) is 0 Å². The fourth-order valence-electron chi connectivity index (χ4n) is 1.86. The second-order valence-corrected chi connectivity index (χ2v) is 3.95. The summed E-state index contributed by atoms with van der Waals surface area (Å²) in [5.74, 6) is -1.45. The highest BCUT2D eigenvalue weighted by molar-refractivity contribution is 5.30. The van der Waals surface area contributed by atoms with Gasteiger partial charge in [-0.2, -0.15) is 0 Å². The first-order chi connectivity index (χ1) is 6.61. The zero-order chi connectivity index (χ0) is 10.3. The molecule has 14 heavy (non-hydrogen) atoms. The van der Waals surface area contributed by atoms with Crippen LogP contribution in [0.4, 0.5) is 8.78 Å². The Morgan fingerprint density at radius 1 is 1.21 bits per heavy atom. The van der Waals surface area contributed by atoms with Gasteiger partial charge in [-0.25, -0.2) is 8.78 Å². The van der Waals surface area contributed by atoms with Gasteiger partial charge in [-0.1, -0.05) is 12.1 Å². The predicted octanol–water partition coefficient (Wildman–Crippen LogP) is 2.48. The number of benzene rings is 1. The topological polar surface area (TPSA) is 26.0 Å². The van der Waals surface area contributed by atoms with Crippen LogP contribution in [0, 0.1) is 18.6 Å². The van der Waals surface area contributed by atoms with Crippen molar-refractivity contribution in [2.24, 2.45) is 5.73 Å². The third-order valence-electron chi connectivity index (χ3n) is 3.03. The molecule has 3 heteroatoms. The van der Waals surface area contributed by atoms with Gasteiger partial charge in [0.15, 0.2) is 11.6 Å². The summed E-state index contributed by atoms with van der Waals surface area (Å²) in [7, 11) is 0. The van der Waals surface area contributed by atoms with E-state index in [1.54, 1.807) is 19.1 Å². The molecule has 0 heterocycles. The molecule has 2 N–H and O–H groups in total. The molecule has 1 aromatic carbocycles. The summed E-state index contributed by atoms with van der Waals surface area (Å²) in [5.41, 5.74) is 6.51. The number of nitrogens with two attached hydrogens (primary N) is 1. The van der Waals surface area contributed by atoms with Crippen molar-refractivity contribution in [3.05, 3.63) is 34.9 Å². The van der Waals surface area contributed by atoms with E-state index in [4.69, 9.17) is 5.73 Å². The van der Waals surface area contributed by atoms with E-state index in [2.05, 4.69) is 0 Å². The molecular weight excluding hydrogens is 184 g/mol. The second-order valence-electron chi connectivity index (χ2n) is 3.95. The second kappa shape index (κ2) is 3.31. The van der Waals surface area contributed by atoms with Crippen LogP contribution in [-0.4, -0.2) is 6.04 Å². The van der Waals surface area contributed by atoms with Crippen LogP contribution in [-0.2, 0) is 0 Å². The van der Waals surface area contributed by atoms with E-state index in [0.29, 0.717) is 11.1 Å². The Bertz CT molecular complexity index is 363. The molecule has 0 radical (unpaired) electrons. The van der Waals surface area contributed by atoms with E-state index in [0.717, 1.165) is 12.8 Å². The lowest BCUT2D eigenvalue weighted by Crippen LogP contribution is -2.37. The monoisotopic (exact) mass is 197 g/mol. The largest absolute Gasteiger partial charge is 0.327 e. The van der Waals surface area contributed by atoms with Crippen molar-refractivity contribution in [1.82, 2.24) is 0 Å². The van der Waals surface area contributed by atoms with Crippen LogP contribution < -0.4 is 5.73 Å². The van der Waals surface area contributed by atoms with Crippen LogP contribution in [0.5, 0.6) is 0 Å². The van der Waals surface area contributed by atoms with Crippen LogP contribution in [0.15, 0.2) is 12.1 Å². The van der Waals surface area contributed by atoms with Gasteiger partial charge in [0.1, 0.15) is 0 Å². The summed E-state index contributed by atoms with van der Waals surface area (Å²) in [6.45, 7) is 1.56. The average molecular weight is 197 g/mol. The maximum atomic E-state index is 13.5. The minimum Gasteiger partial charge on any atom is -0.327 e. The van der Waals surface area contributed by atoms with Gasteiger partial charge in [-0.3, -0.25) is 0 Å². The van der Waals surface area contributed by atoms with Gasteiger partial charge in [0, 0.05) is 12.0 Å². The van der Waals surface area contributed by atoms with E-state index >= 15 is 0 Å². The van der Waals surface area contributed by atoms with Gasteiger partial charge in [-0.05, 0) is 30.9 Å². The molecule has 1 aromatic rings. The maximum Gasteiger partial charge on any atom is 0.162 e. The van der Waals surface area contributed by atoms with Gasteiger partial charge in [0.25, 0.3) is 0 Å². The molecule has 1 aliphatic carbocycles. The van der Waals surface area contributed by atoms with Crippen molar-refractivity contribution < 1.29 is 8.78 Å². The predicted molar refractivity (Wildman–Crippen MR) is 51.0 cm³/mol. The molecule has 76 valence electrons. The van der Waals surface area contributed by atoms with Gasteiger partial charge in [0.05, 0.1) is 0 Å². The molecule has 1 nitrogen and oxygen atoms in total. The highest BCUT2D eigenvalue weighted by Gasteiger charge is 2.31. The van der Waals surface area contributed by atoms with Gasteiger partial charge in [-0.15, -0.1) is 0 Å². The third-order valence-corrected chi connectivity index (χ3v) is 3.03. The molecule has 0 aromatic heterocycles. The Balaban J connectivity index is 2.39. The van der Waals surface area contributed by atoms with Crippen molar-refractivity contribution >= 4 is 0 Å². The van der Waals surface area contributed by atoms with Crippen LogP contribution in [0.3, 0.4) is 0 Å². The highest BCUT2D eigenvalue weighted by Crippen LogP contribution is 2.37. The minimum absolute atomic E-state index is 0.00472. The lowest BCUT2D eigenvalue weighted by Gasteiger charge is -2.34. The molecule has 0 aliphatic heterocycles. The Hall–Kier alpha value is -0.960. The summed E-state index contributed by atoms with van der Waals surface area (Å²) >= 11 is 0. The first kappa shape index (κ1) is 9.59. The molecule has 2 unspecified atom stereocenters. The van der Waals surface area contributed by atoms with E-state index in [-0.39, 0.29) is 12.0 Å². The summed E-state index contributed by atoms with van der Waals surface area (Å²) in [5, 5.41) is 0. The standard InChI is InChI=1S/C11H13F2N/c1-6-2-3-8(11(13)10(6)12)7-4-5-9(7)14/h2-3,7,9H,4-5,14H2,1H3. The number of aryl methyl sites for hydroxylation is 1. The zero-order valence-electron chi connectivity index (χ0n) is 8.06. The van der Waals surface area contributed by atoms with Gasteiger partial charge < -0.3 is 5.73 Å². The molecule has 0 spiro atoms. The highest BCUT2D eigenvalue weighted by atomic mass is 19.2. The smallest absolute Gasteiger partial charge is 0.162 e. The van der Waals surface area contributed by atoms with Crippen molar-refractivity contribution in [3.8, 4) is 0 Å². The van der Waals surface area contributed by atoms with Crippen molar-refractivity contribution in [1.29, 1.82) is 0 Å². The van der Waals surface area contributed by atoms with Gasteiger partial charge >= 0.3 is 0 Å². The minimum atomic E-state index is -0.735. The lowest BCUT2D eigenvalue weighted by molar-refractivity contribution is 0.332. The fourth-order valence-corrected chi connectivity index (χ4v) is 1.86. The quantitative estimate of drug-likeness (QED) is 0.735. The Kier molecular flexibility index (Phi) is 2.27. The molecule has 2 rings (SSSR count). The van der Waals surface area contributed by atoms with E-state index in [9.17, 15) is 8.78 Å². The Labute approximate surface area is 81.9 Å². The molecule has 2 atom stereocenters. The number of hydrogen-bond donors (Lipinski definition) is 1. The molecule has 0 saturated heterocycles.